The van der Waals surface area contributed by atoms with Crippen molar-refractivity contribution in [3.05, 3.63) is 34.9 Å². The predicted molar refractivity (Wildman–Crippen MR) is 152 cm³/mol. The number of aryl methyl sites for hydroxylation is 1. The van der Waals surface area contributed by atoms with Gasteiger partial charge in [0, 0.05) is 25.0 Å². The Bertz CT molecular complexity index is 1070. The molecule has 11 atom stereocenters. The highest BCUT2D eigenvalue weighted by molar-refractivity contribution is 5.73. The molecule has 4 bridgehead atoms. The molecular weight excluding hydrogens is 490 g/mol. The van der Waals surface area contributed by atoms with Crippen molar-refractivity contribution in [1.29, 1.82) is 0 Å². The van der Waals surface area contributed by atoms with E-state index in [1.54, 1.807) is 5.57 Å². The lowest BCUT2D eigenvalue weighted by Crippen LogP contribution is -2.60. The smallest absolute Gasteiger partial charge is 0.226 e. The highest BCUT2D eigenvalue weighted by Gasteiger charge is 2.52. The average Bonchev–Trinajstić information content (AvgIpc) is 3.00. The van der Waals surface area contributed by atoms with Crippen molar-refractivity contribution in [2.24, 2.45) is 35.5 Å². The number of benzene rings is 1. The summed E-state index contributed by atoms with van der Waals surface area (Å²) in [5.41, 5.74) is 5.64. The third-order valence-electron chi connectivity index (χ3n) is 11.5. The van der Waals surface area contributed by atoms with Crippen molar-refractivity contribution in [3.63, 3.8) is 0 Å². The molecule has 2 aliphatic carbocycles. The molecule has 7 rings (SSSR count). The number of aliphatic hydroxyl groups excluding tert-OH is 3. The van der Waals surface area contributed by atoms with E-state index in [4.69, 9.17) is 9.47 Å². The first-order chi connectivity index (χ1) is 18.9. The highest BCUT2D eigenvalue weighted by atomic mass is 16.7. The van der Waals surface area contributed by atoms with Crippen LogP contribution in [0.1, 0.15) is 76.8 Å². The van der Waals surface area contributed by atoms with Gasteiger partial charge in [-0.3, -0.25) is 4.90 Å². The molecule has 4 aliphatic heterocycles. The third-order valence-corrected chi connectivity index (χ3v) is 11.5. The van der Waals surface area contributed by atoms with Crippen molar-refractivity contribution >= 4 is 5.57 Å². The summed E-state index contributed by atoms with van der Waals surface area (Å²) >= 11 is 0. The SMILES string of the molecule is CCC1=C(c2cc(O[C@H]3OC(CO)[C@@H](O)C(C4CCC4)C3O)ccc2C)CCN2CC3CC1C2C(CC)C3C. The summed E-state index contributed by atoms with van der Waals surface area (Å²) in [6, 6.07) is 6.91. The summed E-state index contributed by atoms with van der Waals surface area (Å²) in [5.74, 6) is 3.61. The fraction of sp³-hybridized carbons (Fsp3) is 0.758. The second kappa shape index (κ2) is 11.1. The van der Waals surface area contributed by atoms with E-state index in [1.165, 1.54) is 36.1 Å². The summed E-state index contributed by atoms with van der Waals surface area (Å²) in [5, 5.41) is 31.9. The van der Waals surface area contributed by atoms with Crippen molar-refractivity contribution in [2.75, 3.05) is 19.7 Å². The molecule has 6 nitrogen and oxygen atoms in total. The highest BCUT2D eigenvalue weighted by Crippen LogP contribution is 2.53. The number of fused-ring (bicyclic) bond motifs is 1. The third kappa shape index (κ3) is 4.68. The van der Waals surface area contributed by atoms with Crippen LogP contribution in [0.4, 0.5) is 0 Å². The molecule has 1 aromatic carbocycles. The Balaban J connectivity index is 1.30. The fourth-order valence-corrected chi connectivity index (χ4v) is 9.18. The lowest BCUT2D eigenvalue weighted by molar-refractivity contribution is -0.274. The van der Waals surface area contributed by atoms with Gasteiger partial charge in [0.25, 0.3) is 0 Å². The quantitative estimate of drug-likeness (QED) is 0.463. The van der Waals surface area contributed by atoms with Gasteiger partial charge in [-0.05, 0) is 97.5 Å². The maximum Gasteiger partial charge on any atom is 0.226 e. The second-order valence-corrected chi connectivity index (χ2v) is 13.2. The van der Waals surface area contributed by atoms with E-state index >= 15 is 0 Å². The molecule has 6 heteroatoms. The molecule has 0 amide bonds. The molecule has 9 unspecified atom stereocenters. The Morgan fingerprint density at radius 3 is 2.56 bits per heavy atom. The lowest BCUT2D eigenvalue weighted by Gasteiger charge is -2.57. The number of rotatable bonds is 7. The number of hydrogen-bond donors (Lipinski definition) is 3. The van der Waals surface area contributed by atoms with Crippen LogP contribution in [-0.2, 0) is 4.74 Å². The van der Waals surface area contributed by atoms with Gasteiger partial charge in [-0.2, -0.15) is 0 Å². The number of piperidine rings is 2. The molecule has 3 N–H and O–H groups in total. The predicted octanol–water partition coefficient (Wildman–Crippen LogP) is 4.78. The lowest BCUT2D eigenvalue weighted by atomic mass is 9.59. The van der Waals surface area contributed by atoms with Crippen LogP contribution in [0, 0.1) is 42.4 Å². The van der Waals surface area contributed by atoms with Crippen molar-refractivity contribution in [2.45, 2.75) is 103 Å². The summed E-state index contributed by atoms with van der Waals surface area (Å²) < 4.78 is 12.3. The van der Waals surface area contributed by atoms with Crippen LogP contribution in [0.25, 0.3) is 5.57 Å². The van der Waals surface area contributed by atoms with Gasteiger partial charge in [0.15, 0.2) is 0 Å². The zero-order valence-electron chi connectivity index (χ0n) is 24.3. The van der Waals surface area contributed by atoms with Gasteiger partial charge >= 0.3 is 0 Å². The van der Waals surface area contributed by atoms with E-state index in [0.29, 0.717) is 17.7 Å². The van der Waals surface area contributed by atoms with E-state index in [-0.39, 0.29) is 18.4 Å². The minimum Gasteiger partial charge on any atom is -0.462 e. The van der Waals surface area contributed by atoms with Crippen LogP contribution in [0.3, 0.4) is 0 Å². The van der Waals surface area contributed by atoms with Crippen molar-refractivity contribution in [1.82, 2.24) is 4.90 Å². The monoisotopic (exact) mass is 539 g/mol. The van der Waals surface area contributed by atoms with E-state index in [2.05, 4.69) is 44.7 Å². The first-order valence-electron chi connectivity index (χ1n) is 15.7. The van der Waals surface area contributed by atoms with E-state index in [0.717, 1.165) is 56.4 Å². The summed E-state index contributed by atoms with van der Waals surface area (Å²) in [6.07, 6.45) is 4.34. The van der Waals surface area contributed by atoms with Crippen LogP contribution in [0.15, 0.2) is 23.8 Å². The Labute approximate surface area is 234 Å². The van der Waals surface area contributed by atoms with Crippen LogP contribution in [-0.4, -0.2) is 70.6 Å². The first-order valence-corrected chi connectivity index (χ1v) is 15.7. The van der Waals surface area contributed by atoms with Crippen LogP contribution >= 0.6 is 0 Å². The van der Waals surface area contributed by atoms with Gasteiger partial charge in [0.1, 0.15) is 18.0 Å². The summed E-state index contributed by atoms with van der Waals surface area (Å²) in [7, 11) is 0. The van der Waals surface area contributed by atoms with Gasteiger partial charge in [-0.15, -0.1) is 0 Å². The molecule has 0 spiro atoms. The molecule has 3 saturated heterocycles. The number of nitrogens with zero attached hydrogens (tertiary/aromatic N) is 1. The van der Waals surface area contributed by atoms with E-state index in [9.17, 15) is 15.3 Å². The second-order valence-electron chi connectivity index (χ2n) is 13.2. The van der Waals surface area contributed by atoms with E-state index < -0.39 is 24.6 Å². The zero-order valence-corrected chi connectivity index (χ0v) is 24.3. The van der Waals surface area contributed by atoms with Crippen molar-refractivity contribution in [3.8, 4) is 5.75 Å². The number of aliphatic hydroxyl groups is 3. The maximum absolute atomic E-state index is 11.2. The van der Waals surface area contributed by atoms with E-state index in [1.807, 2.05) is 6.07 Å². The topological polar surface area (TPSA) is 82.4 Å². The van der Waals surface area contributed by atoms with Gasteiger partial charge in [0.2, 0.25) is 6.29 Å². The summed E-state index contributed by atoms with van der Waals surface area (Å²) in [4.78, 5) is 2.82. The maximum atomic E-state index is 11.2. The molecular formula is C33H49NO5. The Morgan fingerprint density at radius 1 is 1.10 bits per heavy atom. The fourth-order valence-electron chi connectivity index (χ4n) is 9.18. The van der Waals surface area contributed by atoms with Gasteiger partial charge < -0.3 is 24.8 Å². The Morgan fingerprint density at radius 2 is 1.90 bits per heavy atom. The molecule has 5 fully saturated rings. The Kier molecular flexibility index (Phi) is 7.88. The molecule has 39 heavy (non-hydrogen) atoms. The number of hydrogen-bond acceptors (Lipinski definition) is 6. The molecule has 4 heterocycles. The molecule has 6 aliphatic rings. The molecule has 1 aromatic rings. The van der Waals surface area contributed by atoms with Crippen molar-refractivity contribution < 1.29 is 24.8 Å². The minimum absolute atomic E-state index is 0.246. The van der Waals surface area contributed by atoms with Gasteiger partial charge in [-0.1, -0.05) is 45.3 Å². The zero-order chi connectivity index (χ0) is 27.4. The standard InChI is InChI=1S/C33H49NO5/c1-5-23-19(4)21-14-27-24(6-2)25(12-13-34(16-21)30(23)27)26-15-22(11-10-18(26)3)38-33-32(37)29(20-8-7-9-20)31(36)28(17-35)39-33/h10-11,15,19-21,23,27-33,35-37H,5-9,12-14,16-17H2,1-4H3/t19?,21?,23?,27?,28?,29?,30?,31-,32?,33+/m1/s1. The largest absolute Gasteiger partial charge is 0.462 e. The molecule has 0 aromatic heterocycles. The van der Waals surface area contributed by atoms with Crippen LogP contribution in [0.5, 0.6) is 5.75 Å². The van der Waals surface area contributed by atoms with Gasteiger partial charge in [-0.25, -0.2) is 0 Å². The molecule has 2 saturated carbocycles. The Hall–Kier alpha value is -1.44. The summed E-state index contributed by atoms with van der Waals surface area (Å²) in [6.45, 7) is 11.5. The number of ether oxygens (including phenoxy) is 2. The van der Waals surface area contributed by atoms with Gasteiger partial charge in [0.05, 0.1) is 12.7 Å². The van der Waals surface area contributed by atoms with Crippen LogP contribution < -0.4 is 4.74 Å². The minimum atomic E-state index is -0.934. The molecule has 216 valence electrons. The first kappa shape index (κ1) is 27.7. The normalized spacial score (nSPS) is 42.3. The molecule has 0 radical (unpaired) electrons. The average molecular weight is 540 g/mol. The van der Waals surface area contributed by atoms with Crippen LogP contribution in [0.2, 0.25) is 0 Å².